The molecular formula is C15H26N2O4S. The van der Waals surface area contributed by atoms with E-state index in [9.17, 15) is 18.0 Å². The summed E-state index contributed by atoms with van der Waals surface area (Å²) in [6.07, 6.45) is 4.67. The molecule has 2 aliphatic heterocycles. The van der Waals surface area contributed by atoms with Crippen LogP contribution in [0, 0.1) is 0 Å². The number of amides is 2. The first-order valence-corrected chi connectivity index (χ1v) is 10.0. The molecule has 2 heterocycles. The van der Waals surface area contributed by atoms with E-state index in [1.165, 1.54) is 0 Å². The second-order valence-electron chi connectivity index (χ2n) is 6.27. The molecule has 126 valence electrons. The number of rotatable bonds is 5. The van der Waals surface area contributed by atoms with Gasteiger partial charge in [-0.25, -0.2) is 8.42 Å². The molecule has 2 rings (SSSR count). The van der Waals surface area contributed by atoms with Gasteiger partial charge in [0.25, 0.3) is 0 Å². The third-order valence-corrected chi connectivity index (χ3v) is 6.18. The lowest BCUT2D eigenvalue weighted by Gasteiger charge is -2.30. The molecule has 1 atom stereocenters. The van der Waals surface area contributed by atoms with E-state index in [-0.39, 0.29) is 35.9 Å². The van der Waals surface area contributed by atoms with Gasteiger partial charge in [-0.3, -0.25) is 9.59 Å². The number of likely N-dealkylation sites (tertiary alicyclic amines) is 1. The van der Waals surface area contributed by atoms with Crippen LogP contribution in [0.3, 0.4) is 0 Å². The lowest BCUT2D eigenvalue weighted by molar-refractivity contribution is -0.141. The molecule has 0 radical (unpaired) electrons. The van der Waals surface area contributed by atoms with Gasteiger partial charge in [0.05, 0.1) is 18.1 Å². The van der Waals surface area contributed by atoms with E-state index >= 15 is 0 Å². The second kappa shape index (κ2) is 7.44. The number of hydrogen-bond acceptors (Lipinski definition) is 4. The van der Waals surface area contributed by atoms with E-state index in [1.807, 2.05) is 6.92 Å². The fourth-order valence-electron chi connectivity index (χ4n) is 3.23. The Morgan fingerprint density at radius 2 is 2.09 bits per heavy atom. The van der Waals surface area contributed by atoms with Crippen LogP contribution in [0.5, 0.6) is 0 Å². The highest BCUT2D eigenvalue weighted by Gasteiger charge is 2.35. The molecule has 2 fully saturated rings. The smallest absolute Gasteiger partial charge is 0.242 e. The van der Waals surface area contributed by atoms with E-state index in [1.54, 1.807) is 9.80 Å². The van der Waals surface area contributed by atoms with Crippen molar-refractivity contribution in [1.29, 1.82) is 0 Å². The summed E-state index contributed by atoms with van der Waals surface area (Å²) in [6.45, 7) is 3.25. The highest BCUT2D eigenvalue weighted by Crippen LogP contribution is 2.19. The monoisotopic (exact) mass is 330 g/mol. The molecule has 22 heavy (non-hydrogen) atoms. The van der Waals surface area contributed by atoms with Gasteiger partial charge >= 0.3 is 0 Å². The van der Waals surface area contributed by atoms with Crippen molar-refractivity contribution in [3.63, 3.8) is 0 Å². The van der Waals surface area contributed by atoms with Crippen LogP contribution in [0.15, 0.2) is 0 Å². The van der Waals surface area contributed by atoms with Crippen LogP contribution >= 0.6 is 0 Å². The van der Waals surface area contributed by atoms with Crippen LogP contribution in [0.2, 0.25) is 0 Å². The molecule has 1 unspecified atom stereocenters. The molecule has 6 nitrogen and oxygen atoms in total. The van der Waals surface area contributed by atoms with Crippen LogP contribution in [-0.4, -0.2) is 67.2 Å². The summed E-state index contributed by atoms with van der Waals surface area (Å²) in [7, 11) is -3.02. The maximum atomic E-state index is 12.6. The van der Waals surface area contributed by atoms with Gasteiger partial charge in [-0.2, -0.15) is 0 Å². The van der Waals surface area contributed by atoms with Crippen molar-refractivity contribution in [2.75, 3.05) is 31.1 Å². The van der Waals surface area contributed by atoms with Crippen LogP contribution in [-0.2, 0) is 19.4 Å². The Bertz CT molecular complexity index is 518. The first kappa shape index (κ1) is 17.2. The second-order valence-corrected chi connectivity index (χ2v) is 8.50. The molecule has 2 aliphatic rings. The van der Waals surface area contributed by atoms with Gasteiger partial charge in [0.15, 0.2) is 9.84 Å². The molecule has 0 spiro atoms. The number of hydrogen-bond donors (Lipinski definition) is 0. The van der Waals surface area contributed by atoms with Gasteiger partial charge in [-0.05, 0) is 25.7 Å². The minimum absolute atomic E-state index is 0.0429. The lowest BCUT2D eigenvalue weighted by Crippen LogP contribution is -2.47. The molecule has 0 aromatic heterocycles. The fraction of sp³-hybridized carbons (Fsp3) is 0.867. The average Bonchev–Trinajstić information content (AvgIpc) is 2.69. The van der Waals surface area contributed by atoms with Crippen molar-refractivity contribution >= 4 is 21.7 Å². The summed E-state index contributed by atoms with van der Waals surface area (Å²) in [5.41, 5.74) is 0. The molecule has 0 aromatic rings. The number of carbonyl (C=O) groups excluding carboxylic acids is 2. The van der Waals surface area contributed by atoms with Crippen molar-refractivity contribution in [2.24, 2.45) is 0 Å². The summed E-state index contributed by atoms with van der Waals surface area (Å²) in [4.78, 5) is 27.9. The van der Waals surface area contributed by atoms with Gasteiger partial charge in [-0.1, -0.05) is 13.3 Å². The predicted octanol–water partition coefficient (Wildman–Crippen LogP) is 0.815. The molecule has 0 bridgehead atoms. The van der Waals surface area contributed by atoms with Gasteiger partial charge in [-0.15, -0.1) is 0 Å². The third-order valence-electron chi connectivity index (χ3n) is 4.43. The Labute approximate surface area is 132 Å². The third kappa shape index (κ3) is 4.44. The lowest BCUT2D eigenvalue weighted by atomic mass is 10.2. The van der Waals surface area contributed by atoms with Crippen molar-refractivity contribution in [3.8, 4) is 0 Å². The zero-order valence-electron chi connectivity index (χ0n) is 13.3. The summed E-state index contributed by atoms with van der Waals surface area (Å²) in [5, 5.41) is 0. The first-order valence-electron chi connectivity index (χ1n) is 8.20. The molecule has 7 heteroatoms. The molecule has 0 N–H and O–H groups in total. The van der Waals surface area contributed by atoms with Gasteiger partial charge in [0, 0.05) is 25.6 Å². The Morgan fingerprint density at radius 3 is 2.73 bits per heavy atom. The van der Waals surface area contributed by atoms with E-state index in [2.05, 4.69) is 0 Å². The summed E-state index contributed by atoms with van der Waals surface area (Å²) >= 11 is 0. The van der Waals surface area contributed by atoms with Crippen LogP contribution in [0.1, 0.15) is 45.4 Å². The highest BCUT2D eigenvalue weighted by molar-refractivity contribution is 7.91. The van der Waals surface area contributed by atoms with E-state index < -0.39 is 9.84 Å². The molecule has 0 aliphatic carbocycles. The fourth-order valence-corrected chi connectivity index (χ4v) is 4.96. The van der Waals surface area contributed by atoms with Crippen LogP contribution < -0.4 is 0 Å². The predicted molar refractivity (Wildman–Crippen MR) is 84.1 cm³/mol. The summed E-state index contributed by atoms with van der Waals surface area (Å²) in [5.74, 6) is 0.154. The van der Waals surface area contributed by atoms with Crippen molar-refractivity contribution in [1.82, 2.24) is 9.80 Å². The zero-order chi connectivity index (χ0) is 16.2. The maximum Gasteiger partial charge on any atom is 0.242 e. The molecule has 0 aromatic carbocycles. The highest BCUT2D eigenvalue weighted by atomic mass is 32.2. The number of nitrogens with zero attached hydrogens (tertiary/aromatic N) is 2. The van der Waals surface area contributed by atoms with E-state index in [4.69, 9.17) is 0 Å². The van der Waals surface area contributed by atoms with Crippen molar-refractivity contribution in [2.45, 2.75) is 51.5 Å². The Balaban J connectivity index is 2.01. The summed E-state index contributed by atoms with van der Waals surface area (Å²) in [6, 6.07) is -0.223. The number of carbonyl (C=O) groups is 2. The molecule has 2 amide bonds. The molecule has 2 saturated heterocycles. The standard InChI is InChI=1S/C15H26N2O4S/c1-2-8-17(13-7-10-22(20,21)12-13)15(19)11-16-9-5-3-4-6-14(16)18/h13H,2-12H2,1H3. The average molecular weight is 330 g/mol. The van der Waals surface area contributed by atoms with E-state index in [0.29, 0.717) is 25.9 Å². The maximum absolute atomic E-state index is 12.6. The van der Waals surface area contributed by atoms with E-state index in [0.717, 1.165) is 25.7 Å². The topological polar surface area (TPSA) is 74.8 Å². The van der Waals surface area contributed by atoms with Crippen molar-refractivity contribution < 1.29 is 18.0 Å². The molecule has 0 saturated carbocycles. The Hall–Kier alpha value is -1.11. The Morgan fingerprint density at radius 1 is 1.32 bits per heavy atom. The quantitative estimate of drug-likeness (QED) is 0.748. The minimum atomic E-state index is -3.02. The normalized spacial score (nSPS) is 25.0. The van der Waals surface area contributed by atoms with Crippen LogP contribution in [0.4, 0.5) is 0 Å². The minimum Gasteiger partial charge on any atom is -0.337 e. The summed E-state index contributed by atoms with van der Waals surface area (Å²) < 4.78 is 23.3. The first-order chi connectivity index (χ1) is 10.4. The molecular weight excluding hydrogens is 304 g/mol. The van der Waals surface area contributed by atoms with Crippen molar-refractivity contribution in [3.05, 3.63) is 0 Å². The van der Waals surface area contributed by atoms with Gasteiger partial charge in [0.1, 0.15) is 0 Å². The van der Waals surface area contributed by atoms with Gasteiger partial charge in [0.2, 0.25) is 11.8 Å². The van der Waals surface area contributed by atoms with Crippen LogP contribution in [0.25, 0.3) is 0 Å². The number of sulfone groups is 1. The van der Waals surface area contributed by atoms with Gasteiger partial charge < -0.3 is 9.80 Å². The Kier molecular flexibility index (Phi) is 5.83. The zero-order valence-corrected chi connectivity index (χ0v) is 14.1. The largest absolute Gasteiger partial charge is 0.337 e. The SMILES string of the molecule is CCCN(C(=O)CN1CCCCCC1=O)C1CCS(=O)(=O)C1.